The quantitative estimate of drug-likeness (QED) is 0.240. The lowest BCUT2D eigenvalue weighted by Gasteiger charge is -2.29. The van der Waals surface area contributed by atoms with Crippen molar-refractivity contribution in [2.45, 2.75) is 32.1 Å². The second kappa shape index (κ2) is 10.5. The largest absolute Gasteiger partial charge is 0.547 e. The average molecular weight is 431 g/mol. The monoisotopic (exact) mass is 431 g/mol. The summed E-state index contributed by atoms with van der Waals surface area (Å²) in [5.74, 6) is -1.08. The number of carbonyl (C=O) groups excluding carboxylic acids is 2. The van der Waals surface area contributed by atoms with Gasteiger partial charge in [-0.25, -0.2) is 4.79 Å². The third-order valence-corrected chi connectivity index (χ3v) is 4.89. The van der Waals surface area contributed by atoms with Crippen molar-refractivity contribution in [2.75, 3.05) is 33.8 Å². The molecule has 1 atom stereocenters. The van der Waals surface area contributed by atoms with Crippen LogP contribution in [0.2, 0.25) is 0 Å². The van der Waals surface area contributed by atoms with Gasteiger partial charge in [0.15, 0.2) is 0 Å². The lowest BCUT2D eigenvalue weighted by atomic mass is 9.72. The molecule has 0 aromatic heterocycles. The molecule has 0 spiro atoms. The van der Waals surface area contributed by atoms with Crippen molar-refractivity contribution < 1.29 is 24.0 Å². The normalized spacial score (nSPS) is 17.6. The van der Waals surface area contributed by atoms with Crippen LogP contribution < -0.4 is 20.9 Å². The van der Waals surface area contributed by atoms with Gasteiger partial charge in [-0.3, -0.25) is 9.80 Å². The molecule has 2 aliphatic rings. The Balaban J connectivity index is 1.59. The number of hydrazine groups is 2. The number of ether oxygens (including phenoxy) is 1. The van der Waals surface area contributed by atoms with Crippen molar-refractivity contribution in [2.24, 2.45) is 0 Å². The summed E-state index contributed by atoms with van der Waals surface area (Å²) in [6.07, 6.45) is 3.86. The van der Waals surface area contributed by atoms with Gasteiger partial charge in [0.1, 0.15) is 17.9 Å². The van der Waals surface area contributed by atoms with Gasteiger partial charge in [-0.1, -0.05) is 25.5 Å². The van der Waals surface area contributed by atoms with Crippen LogP contribution in [0.25, 0.3) is 0 Å². The molecule has 0 fully saturated rings. The summed E-state index contributed by atoms with van der Waals surface area (Å²) in [5, 5.41) is 14.9. The van der Waals surface area contributed by atoms with Gasteiger partial charge in [0, 0.05) is 12.7 Å². The molecule has 2 heterocycles. The maximum absolute atomic E-state index is 12.5. The van der Waals surface area contributed by atoms with Crippen LogP contribution >= 0.6 is 0 Å². The summed E-state index contributed by atoms with van der Waals surface area (Å²) in [7, 11) is 2.64. The second-order valence-electron chi connectivity index (χ2n) is 7.93. The van der Waals surface area contributed by atoms with E-state index in [0.717, 1.165) is 24.1 Å². The van der Waals surface area contributed by atoms with Gasteiger partial charge in [-0.2, -0.15) is 0 Å². The number of nitrogens with zero attached hydrogens (tertiary/aromatic N) is 2. The average Bonchev–Trinajstić information content (AvgIpc) is 3.14. The van der Waals surface area contributed by atoms with Gasteiger partial charge in [0.25, 0.3) is 0 Å². The van der Waals surface area contributed by atoms with Crippen LogP contribution in [0.5, 0.6) is 5.75 Å². The van der Waals surface area contributed by atoms with Crippen LogP contribution in [0.15, 0.2) is 30.1 Å². The zero-order valence-corrected chi connectivity index (χ0v) is 18.2. The van der Waals surface area contributed by atoms with Crippen molar-refractivity contribution in [3.63, 3.8) is 0 Å². The number of carbonyl (C=O) groups is 2. The number of hydrogen-bond acceptors (Lipinski definition) is 9. The van der Waals surface area contributed by atoms with E-state index in [4.69, 9.17) is 9.39 Å². The molecule has 2 aliphatic heterocycles. The Hall–Kier alpha value is -2.76. The molecule has 0 aliphatic carbocycles. The molecule has 168 valence electrons. The Morgan fingerprint density at radius 1 is 1.42 bits per heavy atom. The van der Waals surface area contributed by atoms with Crippen molar-refractivity contribution in [1.82, 2.24) is 26.2 Å². The number of nitrogens with one attached hydrogen (secondary N) is 3. The molecule has 3 rings (SSSR count). The van der Waals surface area contributed by atoms with Crippen molar-refractivity contribution >= 4 is 19.0 Å². The first kappa shape index (κ1) is 22.9. The van der Waals surface area contributed by atoms with E-state index >= 15 is 0 Å². The predicted octanol–water partition coefficient (Wildman–Crippen LogP) is -0.189. The summed E-state index contributed by atoms with van der Waals surface area (Å²) < 4.78 is 10.9. The van der Waals surface area contributed by atoms with Gasteiger partial charge in [-0.05, 0) is 38.6 Å². The minimum Gasteiger partial charge on any atom is -0.534 e. The number of para-hydroxylation sites is 1. The van der Waals surface area contributed by atoms with Crippen molar-refractivity contribution in [3.8, 4) is 5.75 Å². The standard InChI is InChI=1S/C20H30BN5O5/c1-4-5-9-30-20(28)16-8-6-7-14-10-17(21(29)31-19(14)16)22-18(27)13-26-12-15(23-24-26)11-25(2)3/h6-8,12,17,23-24,29H,4-5,9-11,13H2,1-3H3,(H,22,27)/t17-/m0/s1. The zero-order chi connectivity index (χ0) is 22.4. The minimum absolute atomic E-state index is 0.0593. The topological polar surface area (TPSA) is 115 Å². The van der Waals surface area contributed by atoms with E-state index in [9.17, 15) is 14.6 Å². The number of likely N-dealkylation sites (N-methyl/N-ethyl adjacent to an activating group) is 1. The van der Waals surface area contributed by atoms with Gasteiger partial charge in [0.2, 0.25) is 5.91 Å². The Kier molecular flexibility index (Phi) is 7.77. The molecule has 4 N–H and O–H groups in total. The first-order valence-corrected chi connectivity index (χ1v) is 10.4. The minimum atomic E-state index is -1.27. The number of hydrogen-bond donors (Lipinski definition) is 4. The molecule has 0 bridgehead atoms. The molecule has 11 heteroatoms. The van der Waals surface area contributed by atoms with Gasteiger partial charge in [0.05, 0.1) is 18.2 Å². The molecule has 1 aromatic carbocycles. The van der Waals surface area contributed by atoms with Crippen LogP contribution in [0, 0.1) is 0 Å². The highest BCUT2D eigenvalue weighted by molar-refractivity contribution is 6.47. The van der Waals surface area contributed by atoms with E-state index in [1.807, 2.05) is 38.2 Å². The third kappa shape index (κ3) is 6.12. The molecule has 1 amide bonds. The van der Waals surface area contributed by atoms with E-state index in [0.29, 0.717) is 25.3 Å². The first-order valence-electron chi connectivity index (χ1n) is 10.4. The predicted molar refractivity (Wildman–Crippen MR) is 115 cm³/mol. The maximum Gasteiger partial charge on any atom is 0.547 e. The molecular formula is C20H30BN5O5. The summed E-state index contributed by atoms with van der Waals surface area (Å²) in [6, 6.07) is 5.17. The molecule has 31 heavy (non-hydrogen) atoms. The number of amides is 1. The first-order chi connectivity index (χ1) is 14.9. The second-order valence-corrected chi connectivity index (χ2v) is 7.93. The van der Waals surface area contributed by atoms with Crippen LogP contribution in [0.4, 0.5) is 0 Å². The molecule has 1 aromatic rings. The summed E-state index contributed by atoms with van der Waals surface area (Å²) in [5.41, 5.74) is 7.86. The van der Waals surface area contributed by atoms with Crippen molar-refractivity contribution in [3.05, 3.63) is 41.2 Å². The number of esters is 1. The lowest BCUT2D eigenvalue weighted by Crippen LogP contribution is -2.55. The fourth-order valence-corrected chi connectivity index (χ4v) is 3.41. The van der Waals surface area contributed by atoms with Gasteiger partial charge in [-0.15, -0.1) is 5.53 Å². The Labute approximate surface area is 182 Å². The fraction of sp³-hybridized carbons (Fsp3) is 0.500. The van der Waals surface area contributed by atoms with Crippen LogP contribution in [-0.4, -0.2) is 73.7 Å². The number of fused-ring (bicyclic) bond motifs is 1. The molecule has 0 unspecified atom stereocenters. The van der Waals surface area contributed by atoms with E-state index in [-0.39, 0.29) is 18.0 Å². The highest BCUT2D eigenvalue weighted by Gasteiger charge is 2.38. The van der Waals surface area contributed by atoms with E-state index in [1.54, 1.807) is 17.1 Å². The molecule has 10 nitrogen and oxygen atoms in total. The van der Waals surface area contributed by atoms with E-state index in [1.165, 1.54) is 0 Å². The van der Waals surface area contributed by atoms with E-state index in [2.05, 4.69) is 16.3 Å². The van der Waals surface area contributed by atoms with Crippen LogP contribution in [0.1, 0.15) is 35.7 Å². The fourth-order valence-electron chi connectivity index (χ4n) is 3.41. The number of benzene rings is 1. The number of unbranched alkanes of at least 4 members (excludes halogenated alkanes) is 1. The van der Waals surface area contributed by atoms with Crippen molar-refractivity contribution in [1.29, 1.82) is 0 Å². The van der Waals surface area contributed by atoms with Crippen LogP contribution in [0.3, 0.4) is 0 Å². The SMILES string of the molecule is CCCCOC(=O)c1cccc2c1OB(O)[C@@H](NC(=O)CN1C=C(CN(C)C)NN1)C2. The third-order valence-electron chi connectivity index (χ3n) is 4.89. The zero-order valence-electron chi connectivity index (χ0n) is 18.2. The Bertz CT molecular complexity index is 834. The maximum atomic E-state index is 12.5. The molecular weight excluding hydrogens is 401 g/mol. The summed E-state index contributed by atoms with van der Waals surface area (Å²) in [6.45, 7) is 3.12. The van der Waals surface area contributed by atoms with Gasteiger partial charge < -0.3 is 30.1 Å². The molecule has 0 saturated heterocycles. The smallest absolute Gasteiger partial charge is 0.534 e. The molecule has 0 radical (unpaired) electrons. The summed E-state index contributed by atoms with van der Waals surface area (Å²) in [4.78, 5) is 26.8. The van der Waals surface area contributed by atoms with Gasteiger partial charge >= 0.3 is 13.1 Å². The van der Waals surface area contributed by atoms with Crippen LogP contribution in [-0.2, 0) is 16.0 Å². The Morgan fingerprint density at radius 2 is 2.23 bits per heavy atom. The summed E-state index contributed by atoms with van der Waals surface area (Å²) >= 11 is 0. The molecule has 0 saturated carbocycles. The highest BCUT2D eigenvalue weighted by atomic mass is 16.5. The highest BCUT2D eigenvalue weighted by Crippen LogP contribution is 2.30. The Morgan fingerprint density at radius 3 is 2.97 bits per heavy atom. The lowest BCUT2D eigenvalue weighted by molar-refractivity contribution is -0.122. The number of rotatable bonds is 9. The van der Waals surface area contributed by atoms with E-state index < -0.39 is 19.0 Å².